The number of aromatic nitrogens is 2. The van der Waals surface area contributed by atoms with Crippen molar-refractivity contribution in [3.63, 3.8) is 0 Å². The summed E-state index contributed by atoms with van der Waals surface area (Å²) in [6.07, 6.45) is 5.02. The number of methoxy groups -OCH3 is 1. The molecule has 0 saturated carbocycles. The predicted molar refractivity (Wildman–Crippen MR) is 251 cm³/mol. The maximum atomic E-state index is 14.7. The molecule has 3 aliphatic heterocycles. The number of carbonyl (C=O) groups is 5. The van der Waals surface area contributed by atoms with E-state index in [2.05, 4.69) is 65.1 Å². The van der Waals surface area contributed by atoms with Crippen LogP contribution in [0.3, 0.4) is 0 Å². The number of amides is 4. The van der Waals surface area contributed by atoms with Crippen LogP contribution < -0.4 is 16.1 Å². The molecule has 2 saturated heterocycles. The van der Waals surface area contributed by atoms with E-state index in [1.807, 2.05) is 38.2 Å². The monoisotopic (exact) mass is 904 g/mol. The number of hydrogen-bond donors (Lipinski definition) is 4. The van der Waals surface area contributed by atoms with Gasteiger partial charge in [-0.25, -0.2) is 5.43 Å². The number of hydrazine groups is 1. The Hall–Kier alpha value is -6.10. The molecule has 2 aromatic heterocycles. The van der Waals surface area contributed by atoms with E-state index in [4.69, 9.17) is 9.47 Å². The molecule has 2 aromatic carbocycles. The molecule has 16 nitrogen and oxygen atoms in total. The van der Waals surface area contributed by atoms with Crippen LogP contribution >= 0.6 is 0 Å². The van der Waals surface area contributed by atoms with Crippen LogP contribution in [0.15, 0.2) is 67.0 Å². The zero-order chi connectivity index (χ0) is 47.8. The SMILES string of the molecule is C=C(C)[C@@H](C(=O)N[C@H]1Cc2cc(O)cc(c2)-c2ccc3c(c2)c(c(-c2cnccc2COC)n3CC)CC(C)(C)COC(=O)[C@@H]2CCCN(N2)C1=O)N(C)C(=O)CN(C)C(=O)[C@H]1NC1(C)C. The maximum Gasteiger partial charge on any atom is 0.324 e. The van der Waals surface area contributed by atoms with Gasteiger partial charge in [0.05, 0.1) is 25.5 Å². The minimum absolute atomic E-state index is 0.0326. The van der Waals surface area contributed by atoms with E-state index in [-0.39, 0.29) is 43.3 Å². The van der Waals surface area contributed by atoms with Gasteiger partial charge in [0, 0.05) is 80.5 Å². The van der Waals surface area contributed by atoms with Gasteiger partial charge in [0.1, 0.15) is 29.9 Å². The Morgan fingerprint density at radius 1 is 1.09 bits per heavy atom. The third kappa shape index (κ3) is 10.0. The zero-order valence-electron chi connectivity index (χ0n) is 39.6. The van der Waals surface area contributed by atoms with Gasteiger partial charge in [-0.1, -0.05) is 32.6 Å². The fourth-order valence-electron chi connectivity index (χ4n) is 9.37. The van der Waals surface area contributed by atoms with Crippen LogP contribution in [0.4, 0.5) is 0 Å². The molecule has 352 valence electrons. The van der Waals surface area contributed by atoms with E-state index in [0.29, 0.717) is 49.1 Å². The van der Waals surface area contributed by atoms with Gasteiger partial charge in [0.2, 0.25) is 17.7 Å². The number of aryl methyl sites for hydroxylation is 1. The second-order valence-electron chi connectivity index (χ2n) is 19.4. The number of cyclic esters (lactones) is 1. The van der Waals surface area contributed by atoms with Gasteiger partial charge in [-0.2, -0.15) is 0 Å². The molecule has 4 atom stereocenters. The summed E-state index contributed by atoms with van der Waals surface area (Å²) < 4.78 is 14.0. The maximum absolute atomic E-state index is 14.7. The van der Waals surface area contributed by atoms with Crippen molar-refractivity contribution in [1.29, 1.82) is 0 Å². The molecule has 0 aliphatic carbocycles. The highest BCUT2D eigenvalue weighted by Gasteiger charge is 2.51. The van der Waals surface area contributed by atoms with Gasteiger partial charge >= 0.3 is 5.97 Å². The standard InChI is InChI=1S/C50H64N8O8/c1-11-57-40-15-14-31-23-35(40)36(43(57)37-25-51-17-16-32(37)27-65-10)24-49(4,5)28-66-48(64)38-13-12-18-58(54-38)46(62)39(21-30-19-33(31)22-34(59)20-30)52-45(61)42(29(2)3)56(9)41(60)26-55(8)47(63)44-50(6,7)53-44/h14-17,19-20,22-23,25,38-39,42,44,53-54,59H,2,11-13,18,21,24,26-28H2,1,3-10H3,(H,52,61)/t38-,39-,42-,44+/m0/s1. The normalized spacial score (nSPS) is 20.7. The van der Waals surface area contributed by atoms with E-state index in [1.165, 1.54) is 28.9 Å². The summed E-state index contributed by atoms with van der Waals surface area (Å²) in [5, 5.41) is 19.6. The van der Waals surface area contributed by atoms with E-state index < -0.39 is 53.3 Å². The summed E-state index contributed by atoms with van der Waals surface area (Å²) in [5.41, 5.74) is 9.54. The molecule has 2 fully saturated rings. The average Bonchev–Trinajstić information content (AvgIpc) is 3.81. The van der Waals surface area contributed by atoms with Crippen molar-refractivity contribution in [3.8, 4) is 28.1 Å². The number of likely N-dealkylation sites (N-methyl/N-ethyl adjacent to an activating group) is 2. The summed E-state index contributed by atoms with van der Waals surface area (Å²) in [6, 6.07) is 9.61. The number of aromatic hydroxyl groups is 1. The number of nitrogens with one attached hydrogen (secondary N) is 3. The highest BCUT2D eigenvalue weighted by atomic mass is 16.5. The lowest BCUT2D eigenvalue weighted by atomic mass is 9.84. The average molecular weight is 905 g/mol. The van der Waals surface area contributed by atoms with E-state index >= 15 is 0 Å². The largest absolute Gasteiger partial charge is 0.508 e. The van der Waals surface area contributed by atoms with Crippen molar-refractivity contribution in [2.24, 2.45) is 5.41 Å². The molecule has 0 radical (unpaired) electrons. The summed E-state index contributed by atoms with van der Waals surface area (Å²) in [6.45, 7) is 16.8. The van der Waals surface area contributed by atoms with Gasteiger partial charge < -0.3 is 34.3 Å². The molecule has 7 rings (SSSR count). The fourth-order valence-corrected chi connectivity index (χ4v) is 9.37. The number of pyridine rings is 1. The molecular weight excluding hydrogens is 841 g/mol. The van der Waals surface area contributed by atoms with E-state index in [1.54, 1.807) is 32.4 Å². The van der Waals surface area contributed by atoms with Crippen LogP contribution in [0.5, 0.6) is 5.75 Å². The highest BCUT2D eigenvalue weighted by Crippen LogP contribution is 2.41. The number of carbonyl (C=O) groups excluding carboxylic acids is 5. The number of nitrogens with zero attached hydrogens (tertiary/aromatic N) is 5. The molecule has 0 unspecified atom stereocenters. The molecule has 0 spiro atoms. The first-order valence-corrected chi connectivity index (χ1v) is 22.6. The summed E-state index contributed by atoms with van der Waals surface area (Å²) in [5.74, 6) is -2.45. The lowest BCUT2D eigenvalue weighted by molar-refractivity contribution is -0.155. The number of fused-ring (bicyclic) bond motifs is 6. The number of rotatable bonds is 11. The number of benzene rings is 2. The first-order valence-electron chi connectivity index (χ1n) is 22.6. The highest BCUT2D eigenvalue weighted by molar-refractivity contribution is 5.97. The van der Waals surface area contributed by atoms with Gasteiger partial charge in [0.15, 0.2) is 0 Å². The second-order valence-corrected chi connectivity index (χ2v) is 19.4. The molecule has 5 heterocycles. The third-order valence-corrected chi connectivity index (χ3v) is 13.0. The van der Waals surface area contributed by atoms with Crippen molar-refractivity contribution in [2.75, 3.05) is 40.9 Å². The van der Waals surface area contributed by atoms with Crippen LogP contribution in [0.25, 0.3) is 33.3 Å². The van der Waals surface area contributed by atoms with Gasteiger partial charge in [-0.05, 0) is 111 Å². The van der Waals surface area contributed by atoms with E-state index in [9.17, 15) is 29.1 Å². The van der Waals surface area contributed by atoms with Crippen molar-refractivity contribution in [3.05, 3.63) is 83.7 Å². The molecular formula is C50H64N8O8. The Kier molecular flexibility index (Phi) is 13.8. The smallest absolute Gasteiger partial charge is 0.324 e. The van der Waals surface area contributed by atoms with Crippen LogP contribution in [0.2, 0.25) is 0 Å². The zero-order valence-corrected chi connectivity index (χ0v) is 39.6. The second kappa shape index (κ2) is 19.0. The van der Waals surface area contributed by atoms with Crippen molar-refractivity contribution < 1.29 is 38.6 Å². The minimum atomic E-state index is -1.22. The summed E-state index contributed by atoms with van der Waals surface area (Å²) in [4.78, 5) is 76.7. The lowest BCUT2D eigenvalue weighted by Crippen LogP contribution is -2.62. The Bertz CT molecular complexity index is 2570. The number of ether oxygens (including phenoxy) is 2. The van der Waals surface area contributed by atoms with Crippen molar-refractivity contribution >= 4 is 40.5 Å². The van der Waals surface area contributed by atoms with Gasteiger partial charge in [-0.15, -0.1) is 0 Å². The molecule has 4 amide bonds. The Morgan fingerprint density at radius 3 is 2.52 bits per heavy atom. The Balaban J connectivity index is 1.28. The molecule has 66 heavy (non-hydrogen) atoms. The summed E-state index contributed by atoms with van der Waals surface area (Å²) >= 11 is 0. The van der Waals surface area contributed by atoms with Crippen molar-refractivity contribution in [2.45, 2.75) is 110 Å². The lowest BCUT2D eigenvalue weighted by Gasteiger charge is -2.36. The van der Waals surface area contributed by atoms with Gasteiger partial charge in [0.25, 0.3) is 5.91 Å². The number of hydrogen-bond acceptors (Lipinski definition) is 11. The molecule has 4 N–H and O–H groups in total. The van der Waals surface area contributed by atoms with Crippen LogP contribution in [0.1, 0.15) is 71.1 Å². The molecule has 16 heteroatoms. The molecule has 3 aliphatic rings. The molecule has 6 bridgehead atoms. The molecule has 4 aromatic rings. The fraction of sp³-hybridized carbons (Fsp3) is 0.480. The number of phenolic OH excluding ortho intramolecular Hbond substituents is 1. The third-order valence-electron chi connectivity index (χ3n) is 13.0. The number of esters is 1. The van der Waals surface area contributed by atoms with Crippen LogP contribution in [-0.4, -0.2) is 130 Å². The quantitative estimate of drug-likeness (QED) is 0.0940. The Labute approximate surface area is 386 Å². The number of phenols is 1. The van der Waals surface area contributed by atoms with E-state index in [0.717, 1.165) is 38.9 Å². The summed E-state index contributed by atoms with van der Waals surface area (Å²) in [7, 11) is 4.67. The van der Waals surface area contributed by atoms with Crippen LogP contribution in [0, 0.1) is 5.41 Å². The first-order chi connectivity index (χ1) is 31.2. The topological polar surface area (TPSA) is 198 Å². The Morgan fingerprint density at radius 2 is 1.83 bits per heavy atom. The predicted octanol–water partition coefficient (Wildman–Crippen LogP) is 4.50. The minimum Gasteiger partial charge on any atom is -0.508 e. The van der Waals surface area contributed by atoms with Crippen LogP contribution in [-0.2, 0) is 59.4 Å². The van der Waals surface area contributed by atoms with Crippen molar-refractivity contribution in [1.82, 2.24) is 40.4 Å². The first kappa shape index (κ1) is 47.9. The van der Waals surface area contributed by atoms with Gasteiger partial charge in [-0.3, -0.25) is 39.3 Å².